The summed E-state index contributed by atoms with van der Waals surface area (Å²) in [4.78, 5) is 11.5. The zero-order chi connectivity index (χ0) is 16.8. The molecule has 118 valence electrons. The van der Waals surface area contributed by atoms with E-state index in [0.29, 0.717) is 15.9 Å². The fourth-order valence-electron chi connectivity index (χ4n) is 2.61. The van der Waals surface area contributed by atoms with E-state index in [2.05, 4.69) is 0 Å². The highest BCUT2D eigenvalue weighted by Gasteiger charge is 2.31. The van der Waals surface area contributed by atoms with Crippen LogP contribution in [0.5, 0.6) is 0 Å². The Balaban J connectivity index is 2.48. The Morgan fingerprint density at radius 2 is 1.78 bits per heavy atom. The molecule has 23 heavy (non-hydrogen) atoms. The molecule has 0 bridgehead atoms. The predicted octanol–water partition coefficient (Wildman–Crippen LogP) is 3.36. The summed E-state index contributed by atoms with van der Waals surface area (Å²) >= 11 is 5.98. The van der Waals surface area contributed by atoms with Gasteiger partial charge in [-0.2, -0.15) is 0 Å². The van der Waals surface area contributed by atoms with Crippen LogP contribution in [0.4, 0.5) is 0 Å². The maximum absolute atomic E-state index is 13.0. The molecular formula is C16H12ClNO4S. The Kier molecular flexibility index (Phi) is 3.66. The third kappa shape index (κ3) is 2.40. The lowest BCUT2D eigenvalue weighted by Gasteiger charge is -2.05. The lowest BCUT2D eigenvalue weighted by Crippen LogP contribution is -2.11. The first kappa shape index (κ1) is 15.6. The average molecular weight is 350 g/mol. The number of carboxylic acids is 1. The number of hydrogen-bond acceptors (Lipinski definition) is 3. The molecule has 0 saturated carbocycles. The highest BCUT2D eigenvalue weighted by Crippen LogP contribution is 2.35. The van der Waals surface area contributed by atoms with Crippen LogP contribution < -0.4 is 0 Å². The SMILES string of the molecule is Cn1c(C(=O)O)c(S(=O)(=O)c2ccccc2)c2cc(Cl)ccc21. The van der Waals surface area contributed by atoms with Crippen LogP contribution in [0.25, 0.3) is 10.9 Å². The highest BCUT2D eigenvalue weighted by atomic mass is 35.5. The van der Waals surface area contributed by atoms with Gasteiger partial charge in [-0.15, -0.1) is 0 Å². The Labute approximate surface area is 137 Å². The summed E-state index contributed by atoms with van der Waals surface area (Å²) in [5.41, 5.74) is 0.201. The van der Waals surface area contributed by atoms with Gasteiger partial charge in [0.2, 0.25) is 9.84 Å². The molecule has 1 aromatic heterocycles. The molecule has 0 spiro atoms. The zero-order valence-electron chi connectivity index (χ0n) is 12.0. The lowest BCUT2D eigenvalue weighted by atomic mass is 10.2. The van der Waals surface area contributed by atoms with E-state index in [-0.39, 0.29) is 15.5 Å². The zero-order valence-corrected chi connectivity index (χ0v) is 13.6. The summed E-state index contributed by atoms with van der Waals surface area (Å²) in [6.07, 6.45) is 0. The van der Waals surface area contributed by atoms with Crippen molar-refractivity contribution in [3.63, 3.8) is 0 Å². The van der Waals surface area contributed by atoms with Gasteiger partial charge >= 0.3 is 5.97 Å². The third-order valence-corrected chi connectivity index (χ3v) is 5.72. The van der Waals surface area contributed by atoms with Gasteiger partial charge in [-0.3, -0.25) is 0 Å². The second-order valence-corrected chi connectivity index (χ2v) is 7.34. The topological polar surface area (TPSA) is 76.4 Å². The van der Waals surface area contributed by atoms with E-state index in [0.717, 1.165) is 0 Å². The van der Waals surface area contributed by atoms with Gasteiger partial charge in [-0.25, -0.2) is 13.2 Å². The fraction of sp³-hybridized carbons (Fsp3) is 0.0625. The van der Waals surface area contributed by atoms with Gasteiger partial charge in [-0.1, -0.05) is 29.8 Å². The number of hydrogen-bond donors (Lipinski definition) is 1. The molecule has 0 amide bonds. The first-order valence-electron chi connectivity index (χ1n) is 6.65. The van der Waals surface area contributed by atoms with Gasteiger partial charge in [0.05, 0.1) is 4.90 Å². The van der Waals surface area contributed by atoms with Gasteiger partial charge in [-0.05, 0) is 30.3 Å². The van der Waals surface area contributed by atoms with Crippen LogP contribution in [0, 0.1) is 0 Å². The Hall–Kier alpha value is -2.31. The van der Waals surface area contributed by atoms with Crippen molar-refractivity contribution in [1.82, 2.24) is 4.57 Å². The summed E-state index contributed by atoms with van der Waals surface area (Å²) in [6.45, 7) is 0. The Morgan fingerprint density at radius 1 is 1.13 bits per heavy atom. The van der Waals surface area contributed by atoms with Crippen LogP contribution >= 0.6 is 11.6 Å². The van der Waals surface area contributed by atoms with Gasteiger partial charge in [0.15, 0.2) is 0 Å². The van der Waals surface area contributed by atoms with Gasteiger partial charge in [0.25, 0.3) is 0 Å². The van der Waals surface area contributed by atoms with Crippen LogP contribution in [0.3, 0.4) is 0 Å². The van der Waals surface area contributed by atoms with E-state index in [1.165, 1.54) is 29.8 Å². The van der Waals surface area contributed by atoms with Crippen LogP contribution in [0.2, 0.25) is 5.02 Å². The average Bonchev–Trinajstić information content (AvgIpc) is 2.81. The van der Waals surface area contributed by atoms with Gasteiger partial charge in [0.1, 0.15) is 10.6 Å². The standard InChI is InChI=1S/C16H12ClNO4S/c1-18-13-8-7-10(17)9-12(13)15(14(18)16(19)20)23(21,22)11-5-3-2-4-6-11/h2-9H,1H3,(H,19,20). The molecule has 7 heteroatoms. The van der Waals surface area contributed by atoms with E-state index >= 15 is 0 Å². The van der Waals surface area contributed by atoms with E-state index in [1.54, 1.807) is 30.3 Å². The van der Waals surface area contributed by atoms with Crippen molar-refractivity contribution in [3.05, 3.63) is 59.2 Å². The Bertz CT molecular complexity index is 1020. The number of halogens is 1. The molecule has 0 fully saturated rings. The fourth-order valence-corrected chi connectivity index (χ4v) is 4.47. The predicted molar refractivity (Wildman–Crippen MR) is 86.8 cm³/mol. The number of nitrogens with zero attached hydrogens (tertiary/aromatic N) is 1. The van der Waals surface area contributed by atoms with E-state index in [1.807, 2.05) is 0 Å². The molecule has 0 aliphatic carbocycles. The maximum atomic E-state index is 13.0. The molecule has 0 atom stereocenters. The number of aromatic carboxylic acids is 1. The van der Waals surface area contributed by atoms with E-state index in [4.69, 9.17) is 11.6 Å². The van der Waals surface area contributed by atoms with Crippen molar-refractivity contribution in [3.8, 4) is 0 Å². The van der Waals surface area contributed by atoms with Crippen LogP contribution in [-0.4, -0.2) is 24.1 Å². The second-order valence-electron chi connectivity index (χ2n) is 5.02. The molecule has 0 aliphatic heterocycles. The molecular weight excluding hydrogens is 338 g/mol. The van der Waals surface area contributed by atoms with Crippen LogP contribution in [0.15, 0.2) is 58.3 Å². The van der Waals surface area contributed by atoms with Crippen molar-refractivity contribution in [1.29, 1.82) is 0 Å². The maximum Gasteiger partial charge on any atom is 0.353 e. The number of aromatic nitrogens is 1. The number of rotatable bonds is 3. The molecule has 1 N–H and O–H groups in total. The highest BCUT2D eigenvalue weighted by molar-refractivity contribution is 7.91. The van der Waals surface area contributed by atoms with Crippen LogP contribution in [0.1, 0.15) is 10.5 Å². The van der Waals surface area contributed by atoms with Crippen molar-refractivity contribution >= 4 is 38.3 Å². The summed E-state index contributed by atoms with van der Waals surface area (Å²) in [7, 11) is -2.48. The smallest absolute Gasteiger partial charge is 0.353 e. The normalized spacial score (nSPS) is 11.7. The van der Waals surface area contributed by atoms with Crippen LogP contribution in [-0.2, 0) is 16.9 Å². The van der Waals surface area contributed by atoms with Crippen molar-refractivity contribution in [2.75, 3.05) is 0 Å². The molecule has 3 aromatic rings. The van der Waals surface area contributed by atoms with Crippen molar-refractivity contribution in [2.45, 2.75) is 9.79 Å². The minimum atomic E-state index is -4.00. The minimum Gasteiger partial charge on any atom is -0.477 e. The number of carbonyl (C=O) groups is 1. The largest absolute Gasteiger partial charge is 0.477 e. The van der Waals surface area contributed by atoms with Crippen molar-refractivity contribution < 1.29 is 18.3 Å². The summed E-state index contributed by atoms with van der Waals surface area (Å²) in [5.74, 6) is -1.31. The summed E-state index contributed by atoms with van der Waals surface area (Å²) in [5, 5.41) is 10.1. The number of fused-ring (bicyclic) bond motifs is 1. The minimum absolute atomic E-state index is 0.0370. The Morgan fingerprint density at radius 3 is 2.39 bits per heavy atom. The molecule has 2 aromatic carbocycles. The molecule has 0 aliphatic rings. The van der Waals surface area contributed by atoms with Gasteiger partial charge in [0, 0.05) is 23.0 Å². The lowest BCUT2D eigenvalue weighted by molar-refractivity contribution is 0.0682. The number of carboxylic acid groups (broad SMARTS) is 1. The first-order chi connectivity index (χ1) is 10.8. The number of benzene rings is 2. The molecule has 0 saturated heterocycles. The van der Waals surface area contributed by atoms with Crippen molar-refractivity contribution in [2.24, 2.45) is 7.05 Å². The summed E-state index contributed by atoms with van der Waals surface area (Å²) in [6, 6.07) is 12.4. The molecule has 0 unspecified atom stereocenters. The third-order valence-electron chi connectivity index (χ3n) is 3.64. The molecule has 1 heterocycles. The molecule has 3 rings (SSSR count). The van der Waals surface area contributed by atoms with E-state index < -0.39 is 15.8 Å². The number of aryl methyl sites for hydroxylation is 1. The molecule has 5 nitrogen and oxygen atoms in total. The monoisotopic (exact) mass is 349 g/mol. The number of sulfone groups is 1. The van der Waals surface area contributed by atoms with E-state index in [9.17, 15) is 18.3 Å². The van der Waals surface area contributed by atoms with Gasteiger partial charge < -0.3 is 9.67 Å². The summed E-state index contributed by atoms with van der Waals surface area (Å²) < 4.78 is 27.3. The second kappa shape index (κ2) is 5.40. The quantitative estimate of drug-likeness (QED) is 0.786. The molecule has 0 radical (unpaired) electrons. The first-order valence-corrected chi connectivity index (χ1v) is 8.51.